The van der Waals surface area contributed by atoms with E-state index in [1.54, 1.807) is 31.3 Å². The first-order valence-corrected chi connectivity index (χ1v) is 28.1. The number of likely N-dealkylation sites (tertiary alicyclic amines) is 3. The molecule has 21 heteroatoms. The molecule has 5 N–H and O–H groups in total. The Morgan fingerprint density at radius 2 is 1.61 bits per heavy atom. The van der Waals surface area contributed by atoms with Gasteiger partial charge < -0.3 is 49.9 Å². The van der Waals surface area contributed by atoms with Crippen LogP contribution in [0.2, 0.25) is 0 Å². The number of aliphatic hydroxyl groups excluding tert-OH is 2. The number of carbonyl (C=O) groups is 2. The van der Waals surface area contributed by atoms with Crippen LogP contribution >= 0.6 is 0 Å². The number of aromatic hydroxyl groups is 1. The van der Waals surface area contributed by atoms with Gasteiger partial charge in [0.15, 0.2) is 11.6 Å². The van der Waals surface area contributed by atoms with Crippen molar-refractivity contribution >= 4 is 47.4 Å². The van der Waals surface area contributed by atoms with Gasteiger partial charge in [-0.15, -0.1) is 6.42 Å². The minimum atomic E-state index is -0.954. The number of piperidine rings is 1. The van der Waals surface area contributed by atoms with Crippen molar-refractivity contribution in [3.05, 3.63) is 130 Å². The zero-order chi connectivity index (χ0) is 60.8. The summed E-state index contributed by atoms with van der Waals surface area (Å²) in [6.07, 6.45) is 13.8. The molecule has 5 aliphatic heterocycles. The summed E-state index contributed by atoms with van der Waals surface area (Å²) >= 11 is 0. The first-order chi connectivity index (χ1) is 40.5. The van der Waals surface area contributed by atoms with E-state index in [4.69, 9.17) is 30.9 Å². The maximum Gasteiger partial charge on any atom is 0.254 e. The molecule has 10 rings (SSSR count). The molecule has 4 fully saturated rings. The third-order valence-electron chi connectivity index (χ3n) is 15.8. The number of carbonyl (C=O) groups excluding carboxylic acids is 2. The lowest BCUT2D eigenvalue weighted by molar-refractivity contribution is -0.135. The Morgan fingerprint density at radius 1 is 0.929 bits per heavy atom. The first-order valence-electron chi connectivity index (χ1n) is 28.1. The Kier molecular flexibility index (Phi) is 22.5. The average Bonchev–Trinajstić information content (AvgIpc) is 4.41. The minimum Gasteiger partial charge on any atom is -0.508 e. The molecule has 0 aliphatic carbocycles. The van der Waals surface area contributed by atoms with Gasteiger partial charge in [0, 0.05) is 93.9 Å². The molecular formula is C63H74F5N9O7. The van der Waals surface area contributed by atoms with E-state index in [1.165, 1.54) is 36.4 Å². The summed E-state index contributed by atoms with van der Waals surface area (Å²) in [5, 5.41) is 35.8. The maximum absolute atomic E-state index is 17.1. The van der Waals surface area contributed by atoms with Crippen molar-refractivity contribution in [3.8, 4) is 35.1 Å². The molecule has 0 saturated carbocycles. The SMILES string of the molecule is C#Cc1c(F)ccc2cc(O)cc(C3=C(F)C(=NCCN4CCC(COc5cc(C(C(=O)N6CCCC6C)C(C)C)on5)CC4)/C(=C(\N=C)N4CC5CCC(C4)N5)C=N3)c12.CC(NC=O)c1ccc(-c2c(F)cc(F)cc2F)cc1.CO.CO. The van der Waals surface area contributed by atoms with Crippen LogP contribution in [-0.2, 0) is 9.59 Å². The van der Waals surface area contributed by atoms with E-state index >= 15 is 8.78 Å². The standard InChI is InChI=1S/C46H54F2N8O4.C15H12F3NO.2CH4O/c1-6-34-37(47)12-9-30-20-33(57)21-35(41(30)34)43-42(48)44(36(23-51-43)45(49-5)55-24-31-10-11-32(25-55)52-31)50-15-19-54-17-13-29(14-18-54)26-59-39-22-38(60-53-39)40(27(2)3)46(58)56-16-7-8-28(56)4;1-9(19-8-20)10-2-4-11(5-3-10)15-13(17)6-12(16)7-14(15)18;2*1-2/h1,9,12,20-23,27-29,31-32,40,52,57H,5,7-8,10-11,13-19,24-26H2,2-4H3;2-9H,1H3,(H,19,20);2*2H,1H3/b45-36+,50-44?;;;. The highest BCUT2D eigenvalue weighted by atomic mass is 19.2. The summed E-state index contributed by atoms with van der Waals surface area (Å²) in [4.78, 5) is 44.1. The number of benzene rings is 4. The van der Waals surface area contributed by atoms with Crippen LogP contribution in [-0.4, -0.2) is 151 Å². The minimum absolute atomic E-state index is 0.0407. The van der Waals surface area contributed by atoms with Crippen molar-refractivity contribution in [2.45, 2.75) is 96.3 Å². The number of aromatic nitrogens is 1. The summed E-state index contributed by atoms with van der Waals surface area (Å²) in [7, 11) is 2.00. The monoisotopic (exact) mass is 1160 g/mol. The number of halogens is 5. The van der Waals surface area contributed by atoms with Crippen molar-refractivity contribution in [3.63, 3.8) is 0 Å². The van der Waals surface area contributed by atoms with Crippen molar-refractivity contribution < 1.29 is 56.1 Å². The average molecular weight is 1160 g/mol. The van der Waals surface area contributed by atoms with Crippen LogP contribution in [0, 0.1) is 47.4 Å². The van der Waals surface area contributed by atoms with Crippen LogP contribution in [0.1, 0.15) is 101 Å². The normalized spacial score (nSPS) is 20.5. The van der Waals surface area contributed by atoms with Crippen LogP contribution in [0.25, 0.3) is 27.6 Å². The molecule has 84 heavy (non-hydrogen) atoms. The first kappa shape index (κ1) is 63.8. The number of aliphatic hydroxyl groups is 2. The van der Waals surface area contributed by atoms with Crippen molar-refractivity contribution in [1.82, 2.24) is 30.5 Å². The predicted octanol–water partition coefficient (Wildman–Crippen LogP) is 9.50. The van der Waals surface area contributed by atoms with Gasteiger partial charge in [0.1, 0.15) is 52.2 Å². The van der Waals surface area contributed by atoms with Gasteiger partial charge >= 0.3 is 0 Å². The molecule has 0 radical (unpaired) electrons. The lowest BCUT2D eigenvalue weighted by Crippen LogP contribution is -2.50. The number of fused-ring (bicyclic) bond motifs is 3. The number of phenols is 1. The van der Waals surface area contributed by atoms with E-state index in [-0.39, 0.29) is 63.1 Å². The van der Waals surface area contributed by atoms with Crippen molar-refractivity contribution in [1.29, 1.82) is 0 Å². The summed E-state index contributed by atoms with van der Waals surface area (Å²) in [6, 6.07) is 15.6. The van der Waals surface area contributed by atoms with Crippen molar-refractivity contribution in [2.24, 2.45) is 26.8 Å². The Balaban J connectivity index is 0.000000354. The largest absolute Gasteiger partial charge is 0.508 e. The predicted molar refractivity (Wildman–Crippen MR) is 315 cm³/mol. The second kappa shape index (κ2) is 29.7. The van der Waals surface area contributed by atoms with Crippen LogP contribution in [0.15, 0.2) is 103 Å². The molecule has 0 spiro atoms. The number of nitrogens with zero attached hydrogens (tertiary/aromatic N) is 7. The highest BCUT2D eigenvalue weighted by molar-refractivity contribution is 6.29. The van der Waals surface area contributed by atoms with E-state index in [2.05, 4.69) is 55.1 Å². The molecule has 5 unspecified atom stereocenters. The fraction of sp³-hybridized carbons (Fsp3) is 0.429. The topological polar surface area (TPSA) is 201 Å². The number of nitrogens with one attached hydrogen (secondary N) is 2. The Labute approximate surface area is 486 Å². The highest BCUT2D eigenvalue weighted by Crippen LogP contribution is 2.39. The van der Waals surface area contributed by atoms with Gasteiger partial charge in [0.05, 0.1) is 35.9 Å². The second-order valence-electron chi connectivity index (χ2n) is 21.5. The van der Waals surface area contributed by atoms with E-state index in [9.17, 15) is 27.9 Å². The molecule has 5 atom stereocenters. The number of hydrogen-bond acceptors (Lipinski definition) is 14. The third kappa shape index (κ3) is 14.8. The van der Waals surface area contributed by atoms with Gasteiger partial charge in [-0.2, -0.15) is 0 Å². The van der Waals surface area contributed by atoms with Gasteiger partial charge in [-0.1, -0.05) is 50.1 Å². The quantitative estimate of drug-likeness (QED) is 0.0273. The number of phenolic OH excluding ortho intramolecular Hbond substituents is 1. The lowest BCUT2D eigenvalue weighted by Gasteiger charge is -2.35. The summed E-state index contributed by atoms with van der Waals surface area (Å²) < 4.78 is 84.1. The molecule has 4 aromatic carbocycles. The van der Waals surface area contributed by atoms with E-state index in [1.807, 2.05) is 18.7 Å². The molecule has 16 nitrogen and oxygen atoms in total. The second-order valence-corrected chi connectivity index (χ2v) is 21.5. The number of aliphatic imine (C=N–C) groups is 3. The van der Waals surface area contributed by atoms with E-state index < -0.39 is 35.0 Å². The van der Waals surface area contributed by atoms with Gasteiger partial charge in [0.25, 0.3) is 5.88 Å². The smallest absolute Gasteiger partial charge is 0.254 e. The molecule has 5 aromatic rings. The third-order valence-corrected chi connectivity index (χ3v) is 15.8. The number of terminal acetylenes is 1. The Bertz CT molecular complexity index is 3260. The van der Waals surface area contributed by atoms with Crippen LogP contribution in [0.5, 0.6) is 11.6 Å². The van der Waals surface area contributed by atoms with Crippen LogP contribution in [0.4, 0.5) is 22.0 Å². The molecule has 2 bridgehead atoms. The fourth-order valence-electron chi connectivity index (χ4n) is 11.6. The van der Waals surface area contributed by atoms with E-state index in [0.717, 1.165) is 77.9 Å². The molecule has 448 valence electrons. The zero-order valence-electron chi connectivity index (χ0n) is 48.2. The van der Waals surface area contributed by atoms with Gasteiger partial charge in [-0.3, -0.25) is 19.6 Å². The van der Waals surface area contributed by atoms with Gasteiger partial charge in [0.2, 0.25) is 12.3 Å². The number of ether oxygens (including phenoxy) is 1. The molecule has 4 saturated heterocycles. The van der Waals surface area contributed by atoms with Crippen LogP contribution in [0.3, 0.4) is 0 Å². The Hall–Kier alpha value is -7.77. The van der Waals surface area contributed by atoms with Crippen LogP contribution < -0.4 is 15.4 Å². The molecule has 1 aromatic heterocycles. The molecule has 5 aliphatic rings. The molecular weight excluding hydrogens is 1090 g/mol. The number of amides is 2. The molecule has 2 amide bonds. The number of piperazine rings is 1. The van der Waals surface area contributed by atoms with Crippen molar-refractivity contribution in [2.75, 3.05) is 66.6 Å². The van der Waals surface area contributed by atoms with Gasteiger partial charge in [-0.05, 0) is 124 Å². The Morgan fingerprint density at radius 3 is 2.21 bits per heavy atom. The summed E-state index contributed by atoms with van der Waals surface area (Å²) in [5.41, 5.74) is 1.36. The summed E-state index contributed by atoms with van der Waals surface area (Å²) in [6.45, 7) is 17.0. The fourth-order valence-corrected chi connectivity index (χ4v) is 11.6. The number of rotatable bonds is 16. The zero-order valence-corrected chi connectivity index (χ0v) is 48.2. The lowest BCUT2D eigenvalue weighted by atomic mass is 9.91. The highest BCUT2D eigenvalue weighted by Gasteiger charge is 2.38. The maximum atomic E-state index is 17.1. The summed E-state index contributed by atoms with van der Waals surface area (Å²) in [5.74, 6) is -0.440. The molecule has 6 heterocycles. The van der Waals surface area contributed by atoms with Gasteiger partial charge in [-0.25, -0.2) is 26.9 Å². The number of allylic oxidation sites excluding steroid dienone is 2. The van der Waals surface area contributed by atoms with E-state index in [0.29, 0.717) is 103 Å². The number of hydrogen-bond donors (Lipinski definition) is 5.